The molecule has 0 N–H and O–H groups in total. The number of halogens is 3. The first-order valence-electron chi connectivity index (χ1n) is 3.20. The molecule has 2 aromatic rings. The third-order valence-electron chi connectivity index (χ3n) is 1.55. The van der Waals surface area contributed by atoms with Crippen molar-refractivity contribution in [1.29, 1.82) is 0 Å². The first-order valence-corrected chi connectivity index (χ1v) is 6.62. The Hall–Kier alpha value is 0.930. The van der Waals surface area contributed by atoms with Gasteiger partial charge in [0.2, 0.25) is 0 Å². The number of fused-ring (bicyclic) bond motifs is 1. The lowest BCUT2D eigenvalue weighted by Crippen LogP contribution is -1.73. The van der Waals surface area contributed by atoms with Crippen LogP contribution in [-0.4, -0.2) is 0 Å². The van der Waals surface area contributed by atoms with E-state index in [1.54, 1.807) is 11.3 Å². The Kier molecular flexibility index (Phi) is 2.84. The lowest BCUT2D eigenvalue weighted by Gasteiger charge is -1.95. The van der Waals surface area contributed by atoms with E-state index in [0.29, 0.717) is 0 Å². The molecular formula is C8H3ClI2S. The van der Waals surface area contributed by atoms with Crippen LogP contribution in [0.1, 0.15) is 0 Å². The molecule has 0 radical (unpaired) electrons. The molecule has 0 nitrogen and oxygen atoms in total. The van der Waals surface area contributed by atoms with Crippen LogP contribution in [0, 0.1) is 7.14 Å². The van der Waals surface area contributed by atoms with Gasteiger partial charge in [-0.2, -0.15) is 0 Å². The molecule has 0 saturated heterocycles. The molecule has 0 spiro atoms. The maximum absolute atomic E-state index is 6.08. The molecular weight excluding hydrogens is 417 g/mol. The zero-order chi connectivity index (χ0) is 8.72. The molecule has 0 unspecified atom stereocenters. The SMILES string of the molecule is Clc1cc(I)cc2c(I)csc12. The zero-order valence-electron chi connectivity index (χ0n) is 5.77. The van der Waals surface area contributed by atoms with Crippen LogP contribution < -0.4 is 0 Å². The highest BCUT2D eigenvalue weighted by molar-refractivity contribution is 14.1. The lowest BCUT2D eigenvalue weighted by atomic mass is 10.3. The van der Waals surface area contributed by atoms with Gasteiger partial charge in [0, 0.05) is 17.9 Å². The molecule has 12 heavy (non-hydrogen) atoms. The van der Waals surface area contributed by atoms with E-state index in [9.17, 15) is 0 Å². The fraction of sp³-hybridized carbons (Fsp3) is 0. The van der Waals surface area contributed by atoms with Crippen molar-refractivity contribution in [3.63, 3.8) is 0 Å². The smallest absolute Gasteiger partial charge is 0.0595 e. The zero-order valence-corrected chi connectivity index (χ0v) is 11.7. The Morgan fingerprint density at radius 1 is 1.25 bits per heavy atom. The molecule has 1 aromatic carbocycles. The minimum Gasteiger partial charge on any atom is -0.141 e. The summed E-state index contributed by atoms with van der Waals surface area (Å²) in [6.45, 7) is 0. The summed E-state index contributed by atoms with van der Waals surface area (Å²) < 4.78 is 3.68. The molecule has 0 aliphatic carbocycles. The summed E-state index contributed by atoms with van der Waals surface area (Å²) in [6.07, 6.45) is 0. The van der Waals surface area contributed by atoms with Crippen LogP contribution in [0.15, 0.2) is 17.5 Å². The van der Waals surface area contributed by atoms with Crippen molar-refractivity contribution >= 4 is 78.2 Å². The van der Waals surface area contributed by atoms with Gasteiger partial charge >= 0.3 is 0 Å². The third kappa shape index (κ3) is 1.60. The summed E-state index contributed by atoms with van der Waals surface area (Å²) >= 11 is 12.4. The molecule has 62 valence electrons. The summed E-state index contributed by atoms with van der Waals surface area (Å²) in [7, 11) is 0. The van der Waals surface area contributed by atoms with Gasteiger partial charge in [-0.05, 0) is 57.3 Å². The molecule has 0 fully saturated rings. The number of hydrogen-bond acceptors (Lipinski definition) is 1. The second-order valence-corrected chi connectivity index (χ2v) is 6.04. The van der Waals surface area contributed by atoms with E-state index in [-0.39, 0.29) is 0 Å². The first-order chi connectivity index (χ1) is 5.68. The highest BCUT2D eigenvalue weighted by Crippen LogP contribution is 2.34. The number of thiophene rings is 1. The highest BCUT2D eigenvalue weighted by Gasteiger charge is 2.05. The van der Waals surface area contributed by atoms with Crippen molar-refractivity contribution in [3.05, 3.63) is 29.7 Å². The van der Waals surface area contributed by atoms with E-state index in [1.165, 1.54) is 17.2 Å². The molecule has 0 bridgehead atoms. The quantitative estimate of drug-likeness (QED) is 0.539. The second-order valence-electron chi connectivity index (χ2n) is 2.35. The van der Waals surface area contributed by atoms with Gasteiger partial charge < -0.3 is 0 Å². The summed E-state index contributed by atoms with van der Waals surface area (Å²) in [5, 5.41) is 4.27. The standard InChI is InChI=1S/C8H3ClI2S/c9-6-2-4(10)1-5-7(11)3-12-8(5)6/h1-3H. The van der Waals surface area contributed by atoms with Crippen LogP contribution >= 0.6 is 68.1 Å². The van der Waals surface area contributed by atoms with Crippen LogP contribution in [0.5, 0.6) is 0 Å². The Morgan fingerprint density at radius 2 is 2.00 bits per heavy atom. The summed E-state index contributed by atoms with van der Waals surface area (Å²) in [5.41, 5.74) is 0. The number of benzene rings is 1. The predicted molar refractivity (Wildman–Crippen MR) is 72.3 cm³/mol. The molecule has 4 heteroatoms. The van der Waals surface area contributed by atoms with E-state index in [0.717, 1.165) is 5.02 Å². The monoisotopic (exact) mass is 420 g/mol. The normalized spacial score (nSPS) is 10.9. The average Bonchev–Trinajstić information content (AvgIpc) is 2.33. The fourth-order valence-electron chi connectivity index (χ4n) is 1.03. The van der Waals surface area contributed by atoms with Crippen molar-refractivity contribution in [2.24, 2.45) is 0 Å². The molecule has 0 atom stereocenters. The van der Waals surface area contributed by atoms with E-state index >= 15 is 0 Å². The van der Waals surface area contributed by atoms with Gasteiger partial charge in [0.15, 0.2) is 0 Å². The number of hydrogen-bond donors (Lipinski definition) is 0. The van der Waals surface area contributed by atoms with Gasteiger partial charge in [-0.15, -0.1) is 11.3 Å². The van der Waals surface area contributed by atoms with Crippen LogP contribution in [0.2, 0.25) is 5.02 Å². The van der Waals surface area contributed by atoms with Crippen LogP contribution in [0.25, 0.3) is 10.1 Å². The highest BCUT2D eigenvalue weighted by atomic mass is 127. The Bertz CT molecular complexity index is 436. The van der Waals surface area contributed by atoms with Crippen LogP contribution in [0.4, 0.5) is 0 Å². The van der Waals surface area contributed by atoms with E-state index in [4.69, 9.17) is 11.6 Å². The average molecular weight is 420 g/mol. The van der Waals surface area contributed by atoms with E-state index in [2.05, 4.69) is 56.6 Å². The van der Waals surface area contributed by atoms with Gasteiger partial charge in [-0.1, -0.05) is 11.6 Å². The van der Waals surface area contributed by atoms with Crippen molar-refractivity contribution in [2.45, 2.75) is 0 Å². The van der Waals surface area contributed by atoms with Crippen LogP contribution in [0.3, 0.4) is 0 Å². The third-order valence-corrected chi connectivity index (χ3v) is 4.92. The molecule has 0 amide bonds. The van der Waals surface area contributed by atoms with E-state index in [1.807, 2.05) is 6.07 Å². The van der Waals surface area contributed by atoms with Crippen molar-refractivity contribution in [2.75, 3.05) is 0 Å². The molecule has 0 saturated carbocycles. The topological polar surface area (TPSA) is 0 Å². The summed E-state index contributed by atoms with van der Waals surface area (Å²) in [4.78, 5) is 0. The lowest BCUT2D eigenvalue weighted by molar-refractivity contribution is 1.74. The fourth-order valence-corrected chi connectivity index (χ4v) is 4.00. The molecule has 1 heterocycles. The van der Waals surface area contributed by atoms with Gasteiger partial charge in [0.25, 0.3) is 0 Å². The summed E-state index contributed by atoms with van der Waals surface area (Å²) in [6, 6.07) is 4.16. The Balaban J connectivity index is 2.92. The Labute approximate surface area is 107 Å². The minimum atomic E-state index is 0.866. The second kappa shape index (κ2) is 3.59. The van der Waals surface area contributed by atoms with Gasteiger partial charge in [-0.3, -0.25) is 0 Å². The van der Waals surface area contributed by atoms with Gasteiger partial charge in [0.05, 0.1) is 9.72 Å². The van der Waals surface area contributed by atoms with E-state index < -0.39 is 0 Å². The molecule has 0 aliphatic rings. The van der Waals surface area contributed by atoms with Crippen LogP contribution in [-0.2, 0) is 0 Å². The van der Waals surface area contributed by atoms with Crippen molar-refractivity contribution < 1.29 is 0 Å². The first kappa shape index (κ1) is 9.48. The maximum Gasteiger partial charge on any atom is 0.0595 e. The summed E-state index contributed by atoms with van der Waals surface area (Å²) in [5.74, 6) is 0. The Morgan fingerprint density at radius 3 is 2.75 bits per heavy atom. The van der Waals surface area contributed by atoms with Crippen molar-refractivity contribution in [3.8, 4) is 0 Å². The van der Waals surface area contributed by atoms with Gasteiger partial charge in [-0.25, -0.2) is 0 Å². The predicted octanol–water partition coefficient (Wildman–Crippen LogP) is 4.76. The minimum absolute atomic E-state index is 0.866. The number of rotatable bonds is 0. The largest absolute Gasteiger partial charge is 0.141 e. The van der Waals surface area contributed by atoms with Crippen molar-refractivity contribution in [1.82, 2.24) is 0 Å². The molecule has 2 rings (SSSR count). The molecule has 1 aromatic heterocycles. The maximum atomic E-state index is 6.08. The molecule has 0 aliphatic heterocycles. The van der Waals surface area contributed by atoms with Gasteiger partial charge in [0.1, 0.15) is 0 Å².